The van der Waals surface area contributed by atoms with Gasteiger partial charge in [0.15, 0.2) is 11.5 Å². The molecular weight excluding hydrogens is 264 g/mol. The highest BCUT2D eigenvalue weighted by atomic mass is 32.2. The number of ether oxygens (including phenoxy) is 2. The second-order valence-corrected chi connectivity index (χ2v) is 4.67. The van der Waals surface area contributed by atoms with Gasteiger partial charge in [-0.05, 0) is 12.3 Å². The summed E-state index contributed by atoms with van der Waals surface area (Å²) >= 11 is 1.54. The number of anilines is 1. The van der Waals surface area contributed by atoms with Crippen molar-refractivity contribution in [1.29, 1.82) is 0 Å². The predicted molar refractivity (Wildman–Crippen MR) is 76.4 cm³/mol. The monoisotopic (exact) mass is 280 g/mol. The van der Waals surface area contributed by atoms with Gasteiger partial charge < -0.3 is 20.1 Å². The van der Waals surface area contributed by atoms with E-state index in [1.807, 2.05) is 12.3 Å². The first-order chi connectivity index (χ1) is 9.24. The van der Waals surface area contributed by atoms with Crippen molar-refractivity contribution < 1.29 is 14.3 Å². The normalized spacial score (nSPS) is 12.7. The van der Waals surface area contributed by atoms with Crippen molar-refractivity contribution in [2.45, 2.75) is 4.90 Å². The zero-order valence-electron chi connectivity index (χ0n) is 10.7. The molecule has 2 N–H and O–H groups in total. The molecule has 19 heavy (non-hydrogen) atoms. The van der Waals surface area contributed by atoms with Gasteiger partial charge in [0, 0.05) is 17.5 Å². The quantitative estimate of drug-likeness (QED) is 0.657. The van der Waals surface area contributed by atoms with Gasteiger partial charge in [0.25, 0.3) is 0 Å². The molecule has 0 aromatic heterocycles. The van der Waals surface area contributed by atoms with Crippen LogP contribution in [0.3, 0.4) is 0 Å². The van der Waals surface area contributed by atoms with Crippen LogP contribution in [0.2, 0.25) is 0 Å². The summed E-state index contributed by atoms with van der Waals surface area (Å²) in [5.41, 5.74) is 0.707. The molecule has 102 valence electrons. The van der Waals surface area contributed by atoms with Crippen molar-refractivity contribution in [2.75, 3.05) is 31.3 Å². The van der Waals surface area contributed by atoms with E-state index in [1.54, 1.807) is 12.1 Å². The molecule has 0 atom stereocenters. The molecule has 6 heteroatoms. The van der Waals surface area contributed by atoms with Gasteiger partial charge in [-0.3, -0.25) is 0 Å². The van der Waals surface area contributed by atoms with E-state index in [4.69, 9.17) is 9.47 Å². The summed E-state index contributed by atoms with van der Waals surface area (Å²) in [4.78, 5) is 12.6. The van der Waals surface area contributed by atoms with Crippen LogP contribution in [0.4, 0.5) is 10.5 Å². The van der Waals surface area contributed by atoms with Crippen LogP contribution < -0.4 is 20.1 Å². The Hall–Kier alpha value is -1.82. The Morgan fingerprint density at radius 3 is 2.74 bits per heavy atom. The average Bonchev–Trinajstić information content (AvgIpc) is 2.44. The molecule has 0 saturated carbocycles. The minimum Gasteiger partial charge on any atom is -0.486 e. The number of thioether (sulfide) groups is 1. The number of carbonyl (C=O) groups excluding carboxylic acids is 1. The average molecular weight is 280 g/mol. The molecule has 0 unspecified atom stereocenters. The Bertz CT molecular complexity index is 491. The maximum Gasteiger partial charge on any atom is 0.319 e. The number of urea groups is 1. The van der Waals surface area contributed by atoms with Gasteiger partial charge in [-0.15, -0.1) is 18.3 Å². The van der Waals surface area contributed by atoms with Gasteiger partial charge in [-0.1, -0.05) is 6.08 Å². The van der Waals surface area contributed by atoms with Gasteiger partial charge in [-0.2, -0.15) is 0 Å². The van der Waals surface area contributed by atoms with E-state index in [0.717, 1.165) is 4.90 Å². The number of fused-ring (bicyclic) bond motifs is 1. The maximum atomic E-state index is 11.7. The number of benzene rings is 1. The molecular formula is C13H16N2O3S. The highest BCUT2D eigenvalue weighted by molar-refractivity contribution is 7.98. The first kappa shape index (κ1) is 13.6. The first-order valence-corrected chi connectivity index (χ1v) is 7.10. The van der Waals surface area contributed by atoms with Crippen molar-refractivity contribution >= 4 is 23.5 Å². The second-order valence-electron chi connectivity index (χ2n) is 3.82. The lowest BCUT2D eigenvalue weighted by molar-refractivity contribution is 0.171. The Balaban J connectivity index is 2.18. The lowest BCUT2D eigenvalue weighted by Gasteiger charge is -2.21. The molecule has 0 aliphatic carbocycles. The summed E-state index contributed by atoms with van der Waals surface area (Å²) in [5.74, 6) is 1.37. The van der Waals surface area contributed by atoms with Crippen molar-refractivity contribution in [1.82, 2.24) is 5.32 Å². The summed E-state index contributed by atoms with van der Waals surface area (Å²) in [6.07, 6.45) is 3.57. The van der Waals surface area contributed by atoms with Crippen LogP contribution in [0.25, 0.3) is 0 Å². The molecule has 0 saturated heterocycles. The molecule has 0 bridgehead atoms. The Morgan fingerprint density at radius 1 is 1.42 bits per heavy atom. The Morgan fingerprint density at radius 2 is 2.11 bits per heavy atom. The SMILES string of the molecule is C=CCNC(=O)Nc1cc2c(cc1SC)OCCO2. The van der Waals surface area contributed by atoms with Crippen LogP contribution in [0, 0.1) is 0 Å². The summed E-state index contributed by atoms with van der Waals surface area (Å²) in [5, 5.41) is 5.45. The van der Waals surface area contributed by atoms with E-state index in [-0.39, 0.29) is 6.03 Å². The zero-order valence-corrected chi connectivity index (χ0v) is 11.5. The Labute approximate surface area is 116 Å². The molecule has 0 radical (unpaired) electrons. The van der Waals surface area contributed by atoms with Gasteiger partial charge in [0.1, 0.15) is 13.2 Å². The van der Waals surface area contributed by atoms with Gasteiger partial charge in [0.2, 0.25) is 0 Å². The van der Waals surface area contributed by atoms with Crippen LogP contribution >= 0.6 is 11.8 Å². The third kappa shape index (κ3) is 3.35. The number of hydrogen-bond acceptors (Lipinski definition) is 4. The van der Waals surface area contributed by atoms with E-state index in [2.05, 4.69) is 17.2 Å². The van der Waals surface area contributed by atoms with Crippen LogP contribution in [-0.2, 0) is 0 Å². The molecule has 1 aromatic rings. The van der Waals surface area contributed by atoms with Crippen molar-refractivity contribution in [2.24, 2.45) is 0 Å². The molecule has 1 aliphatic rings. The highest BCUT2D eigenvalue weighted by Gasteiger charge is 2.16. The molecule has 2 amide bonds. The van der Waals surface area contributed by atoms with Crippen molar-refractivity contribution in [3.05, 3.63) is 24.8 Å². The number of amides is 2. The van der Waals surface area contributed by atoms with Crippen LogP contribution in [0.1, 0.15) is 0 Å². The maximum absolute atomic E-state index is 11.7. The zero-order chi connectivity index (χ0) is 13.7. The molecule has 0 spiro atoms. The largest absolute Gasteiger partial charge is 0.486 e. The predicted octanol–water partition coefficient (Wildman–Crippen LogP) is 2.49. The van der Waals surface area contributed by atoms with Crippen LogP contribution in [-0.4, -0.2) is 32.0 Å². The van der Waals surface area contributed by atoms with E-state index < -0.39 is 0 Å². The summed E-state index contributed by atoms with van der Waals surface area (Å²) in [6.45, 7) is 5.04. The highest BCUT2D eigenvalue weighted by Crippen LogP contribution is 2.39. The van der Waals surface area contributed by atoms with Crippen LogP contribution in [0.5, 0.6) is 11.5 Å². The number of hydrogen-bond donors (Lipinski definition) is 2. The summed E-state index contributed by atoms with van der Waals surface area (Å²) in [6, 6.07) is 3.39. The fourth-order valence-corrected chi connectivity index (χ4v) is 2.22. The number of rotatable bonds is 4. The van der Waals surface area contributed by atoms with Gasteiger partial charge in [0.05, 0.1) is 5.69 Å². The lowest BCUT2D eigenvalue weighted by atomic mass is 10.2. The van der Waals surface area contributed by atoms with Gasteiger partial charge >= 0.3 is 6.03 Å². The third-order valence-electron chi connectivity index (χ3n) is 2.52. The first-order valence-electron chi connectivity index (χ1n) is 5.88. The molecule has 1 aromatic carbocycles. The molecule has 0 fully saturated rings. The number of nitrogens with one attached hydrogen (secondary N) is 2. The molecule has 5 nitrogen and oxygen atoms in total. The van der Waals surface area contributed by atoms with E-state index in [9.17, 15) is 4.79 Å². The molecule has 1 aliphatic heterocycles. The van der Waals surface area contributed by atoms with E-state index in [1.165, 1.54) is 11.8 Å². The fourth-order valence-electron chi connectivity index (χ4n) is 1.67. The second kappa shape index (κ2) is 6.38. The standard InChI is InChI=1S/C13H16N2O3S/c1-3-4-14-13(16)15-9-7-10-11(8-12(9)19-2)18-6-5-17-10/h3,7-8H,1,4-6H2,2H3,(H2,14,15,16). The van der Waals surface area contributed by atoms with E-state index >= 15 is 0 Å². The molecule has 2 rings (SSSR count). The third-order valence-corrected chi connectivity index (χ3v) is 3.30. The van der Waals surface area contributed by atoms with Crippen LogP contribution in [0.15, 0.2) is 29.7 Å². The fraction of sp³-hybridized carbons (Fsp3) is 0.308. The van der Waals surface area contributed by atoms with E-state index in [0.29, 0.717) is 36.9 Å². The summed E-state index contributed by atoms with van der Waals surface area (Å²) < 4.78 is 11.0. The number of carbonyl (C=O) groups is 1. The van der Waals surface area contributed by atoms with Crippen molar-refractivity contribution in [3.8, 4) is 11.5 Å². The summed E-state index contributed by atoms with van der Waals surface area (Å²) in [7, 11) is 0. The molecule has 1 heterocycles. The Kier molecular flexibility index (Phi) is 4.57. The topological polar surface area (TPSA) is 59.6 Å². The van der Waals surface area contributed by atoms with Gasteiger partial charge in [-0.25, -0.2) is 4.79 Å². The van der Waals surface area contributed by atoms with Crippen molar-refractivity contribution in [3.63, 3.8) is 0 Å². The lowest BCUT2D eigenvalue weighted by Crippen LogP contribution is -2.29. The minimum atomic E-state index is -0.271. The minimum absolute atomic E-state index is 0.271. The smallest absolute Gasteiger partial charge is 0.319 e.